The molecule has 1 aromatic heterocycles. The smallest absolute Gasteiger partial charge is 0.307 e. The standard InChI is InChI=1S/C24H23NO4/c1-17-13-22(24(28)20-8-10-21(29-2)11-9-20)25(16-17)12-4-7-18-5-3-6-19(14-18)15-23(26)27/h3-11,13-14,16H,12,15H2,1-2H3,(H,26,27). The zero-order chi connectivity index (χ0) is 20.8. The van der Waals surface area contributed by atoms with E-state index in [9.17, 15) is 9.59 Å². The number of ether oxygens (including phenoxy) is 1. The van der Waals surface area contributed by atoms with Gasteiger partial charge in [0.1, 0.15) is 5.75 Å². The van der Waals surface area contributed by atoms with Crippen LogP contribution in [-0.2, 0) is 17.8 Å². The minimum atomic E-state index is -0.851. The second kappa shape index (κ2) is 9.06. The number of allylic oxidation sites excluding steroid dienone is 1. The lowest BCUT2D eigenvalue weighted by Crippen LogP contribution is -2.09. The summed E-state index contributed by atoms with van der Waals surface area (Å²) in [4.78, 5) is 23.8. The van der Waals surface area contributed by atoms with Crippen molar-refractivity contribution >= 4 is 17.8 Å². The van der Waals surface area contributed by atoms with E-state index in [1.165, 1.54) is 0 Å². The minimum absolute atomic E-state index is 0.00101. The Morgan fingerprint density at radius 1 is 1.10 bits per heavy atom. The lowest BCUT2D eigenvalue weighted by Gasteiger charge is -2.07. The van der Waals surface area contributed by atoms with Crippen molar-refractivity contribution in [3.63, 3.8) is 0 Å². The summed E-state index contributed by atoms with van der Waals surface area (Å²) in [7, 11) is 1.59. The van der Waals surface area contributed by atoms with Gasteiger partial charge in [0, 0.05) is 18.3 Å². The lowest BCUT2D eigenvalue weighted by molar-refractivity contribution is -0.136. The van der Waals surface area contributed by atoms with E-state index in [2.05, 4.69) is 0 Å². The number of rotatable bonds is 8. The van der Waals surface area contributed by atoms with Crippen molar-refractivity contribution in [2.24, 2.45) is 0 Å². The van der Waals surface area contributed by atoms with Crippen molar-refractivity contribution in [2.45, 2.75) is 19.9 Å². The maximum Gasteiger partial charge on any atom is 0.307 e. The average molecular weight is 389 g/mol. The molecule has 0 atom stereocenters. The molecule has 0 unspecified atom stereocenters. The van der Waals surface area contributed by atoms with E-state index >= 15 is 0 Å². The number of carbonyl (C=O) groups excluding carboxylic acids is 1. The molecule has 5 nitrogen and oxygen atoms in total. The van der Waals surface area contributed by atoms with Crippen molar-refractivity contribution in [2.75, 3.05) is 7.11 Å². The normalized spacial score (nSPS) is 11.0. The zero-order valence-corrected chi connectivity index (χ0v) is 16.5. The first-order chi connectivity index (χ1) is 14.0. The predicted molar refractivity (Wildman–Crippen MR) is 112 cm³/mol. The molecule has 0 spiro atoms. The van der Waals surface area contributed by atoms with Crippen LogP contribution in [0.4, 0.5) is 0 Å². The molecule has 5 heteroatoms. The number of nitrogens with zero attached hydrogens (tertiary/aromatic N) is 1. The van der Waals surface area contributed by atoms with Gasteiger partial charge in [-0.3, -0.25) is 9.59 Å². The highest BCUT2D eigenvalue weighted by Gasteiger charge is 2.14. The molecule has 0 aliphatic rings. The van der Waals surface area contributed by atoms with Crippen LogP contribution in [0.15, 0.2) is 66.9 Å². The molecule has 0 aliphatic carbocycles. The Morgan fingerprint density at radius 3 is 2.55 bits per heavy atom. The minimum Gasteiger partial charge on any atom is -0.497 e. The molecule has 3 aromatic rings. The highest BCUT2D eigenvalue weighted by molar-refractivity contribution is 6.08. The van der Waals surface area contributed by atoms with E-state index in [0.717, 1.165) is 16.7 Å². The molecule has 2 aromatic carbocycles. The lowest BCUT2D eigenvalue weighted by atomic mass is 10.1. The first-order valence-electron chi connectivity index (χ1n) is 9.29. The summed E-state index contributed by atoms with van der Waals surface area (Å²) in [6, 6.07) is 16.4. The van der Waals surface area contributed by atoms with Gasteiger partial charge in [0.15, 0.2) is 0 Å². The Hall–Kier alpha value is -3.60. The number of carbonyl (C=O) groups is 2. The second-order valence-corrected chi connectivity index (χ2v) is 6.83. The Labute approximate surface area is 169 Å². The van der Waals surface area contributed by atoms with Crippen LogP contribution >= 0.6 is 0 Å². The monoisotopic (exact) mass is 389 g/mol. The zero-order valence-electron chi connectivity index (χ0n) is 16.5. The summed E-state index contributed by atoms with van der Waals surface area (Å²) >= 11 is 0. The fraction of sp³-hybridized carbons (Fsp3) is 0.167. The van der Waals surface area contributed by atoms with E-state index < -0.39 is 5.97 Å². The van der Waals surface area contributed by atoms with Gasteiger partial charge in [-0.2, -0.15) is 0 Å². The molecular weight excluding hydrogens is 366 g/mol. The highest BCUT2D eigenvalue weighted by atomic mass is 16.5. The molecule has 0 aliphatic heterocycles. The number of ketones is 1. The fourth-order valence-corrected chi connectivity index (χ4v) is 3.17. The van der Waals surface area contributed by atoms with E-state index in [4.69, 9.17) is 9.84 Å². The van der Waals surface area contributed by atoms with Gasteiger partial charge in [0.2, 0.25) is 5.78 Å². The van der Waals surface area contributed by atoms with Crippen molar-refractivity contribution in [1.82, 2.24) is 4.57 Å². The summed E-state index contributed by atoms with van der Waals surface area (Å²) in [6.07, 6.45) is 5.84. The number of aromatic nitrogens is 1. The van der Waals surface area contributed by atoms with Gasteiger partial charge in [0.05, 0.1) is 19.2 Å². The largest absolute Gasteiger partial charge is 0.497 e. The van der Waals surface area contributed by atoms with E-state index in [1.54, 1.807) is 37.4 Å². The Morgan fingerprint density at radius 2 is 1.86 bits per heavy atom. The first kappa shape index (κ1) is 20.1. The van der Waals surface area contributed by atoms with Gasteiger partial charge in [0.25, 0.3) is 0 Å². The van der Waals surface area contributed by atoms with E-state index in [0.29, 0.717) is 23.6 Å². The molecule has 1 heterocycles. The van der Waals surface area contributed by atoms with Gasteiger partial charge in [-0.15, -0.1) is 0 Å². The van der Waals surface area contributed by atoms with Crippen LogP contribution in [0.1, 0.15) is 32.7 Å². The third kappa shape index (κ3) is 5.23. The van der Waals surface area contributed by atoms with Crippen LogP contribution in [0.2, 0.25) is 0 Å². The highest BCUT2D eigenvalue weighted by Crippen LogP contribution is 2.17. The molecule has 0 saturated carbocycles. The number of carboxylic acids is 1. The summed E-state index contributed by atoms with van der Waals surface area (Å²) in [6.45, 7) is 2.49. The molecule has 29 heavy (non-hydrogen) atoms. The Kier molecular flexibility index (Phi) is 6.29. The maximum absolute atomic E-state index is 12.9. The third-order valence-corrected chi connectivity index (χ3v) is 4.54. The Bertz CT molecular complexity index is 1040. The van der Waals surface area contributed by atoms with Crippen LogP contribution < -0.4 is 4.74 Å². The van der Waals surface area contributed by atoms with Gasteiger partial charge in [-0.25, -0.2) is 0 Å². The first-order valence-corrected chi connectivity index (χ1v) is 9.29. The van der Waals surface area contributed by atoms with Crippen molar-refractivity contribution < 1.29 is 19.4 Å². The van der Waals surface area contributed by atoms with Crippen LogP contribution in [0.3, 0.4) is 0 Å². The number of hydrogen-bond acceptors (Lipinski definition) is 3. The topological polar surface area (TPSA) is 68.5 Å². The average Bonchev–Trinajstić information content (AvgIpc) is 3.08. The maximum atomic E-state index is 12.9. The SMILES string of the molecule is COc1ccc(C(=O)c2cc(C)cn2CC=Cc2cccc(CC(=O)O)c2)cc1. The molecule has 3 rings (SSSR count). The van der Waals surface area contributed by atoms with Crippen molar-refractivity contribution in [3.8, 4) is 5.75 Å². The summed E-state index contributed by atoms with van der Waals surface area (Å²) < 4.78 is 7.07. The Balaban J connectivity index is 1.76. The third-order valence-electron chi connectivity index (χ3n) is 4.54. The fourth-order valence-electron chi connectivity index (χ4n) is 3.17. The summed E-state index contributed by atoms with van der Waals surface area (Å²) in [5, 5.41) is 8.93. The molecule has 148 valence electrons. The van der Waals surface area contributed by atoms with Crippen LogP contribution in [-0.4, -0.2) is 28.5 Å². The molecule has 0 fully saturated rings. The summed E-state index contributed by atoms with van der Waals surface area (Å²) in [5.74, 6) is -0.186. The predicted octanol–water partition coefficient (Wildman–Crippen LogP) is 4.38. The molecule has 0 saturated heterocycles. The van der Waals surface area contributed by atoms with Gasteiger partial charge < -0.3 is 14.4 Å². The molecular formula is C24H23NO4. The molecule has 0 radical (unpaired) electrons. The van der Waals surface area contributed by atoms with Gasteiger partial charge in [-0.05, 0) is 53.9 Å². The second-order valence-electron chi connectivity index (χ2n) is 6.83. The van der Waals surface area contributed by atoms with Crippen molar-refractivity contribution in [1.29, 1.82) is 0 Å². The number of aryl methyl sites for hydroxylation is 1. The van der Waals surface area contributed by atoms with Gasteiger partial charge in [-0.1, -0.05) is 36.4 Å². The van der Waals surface area contributed by atoms with Crippen molar-refractivity contribution in [3.05, 3.63) is 94.8 Å². The molecule has 0 bridgehead atoms. The number of benzene rings is 2. The number of aliphatic carboxylic acids is 1. The van der Waals surface area contributed by atoms with E-state index in [-0.39, 0.29) is 12.2 Å². The van der Waals surface area contributed by atoms with Gasteiger partial charge >= 0.3 is 5.97 Å². The summed E-state index contributed by atoms with van der Waals surface area (Å²) in [5.41, 5.74) is 3.92. The number of methoxy groups -OCH3 is 1. The van der Waals surface area contributed by atoms with Crippen LogP contribution in [0.25, 0.3) is 6.08 Å². The number of carboxylic acid groups (broad SMARTS) is 1. The molecule has 1 N–H and O–H groups in total. The number of hydrogen-bond donors (Lipinski definition) is 1. The van der Waals surface area contributed by atoms with Crippen LogP contribution in [0.5, 0.6) is 5.75 Å². The van der Waals surface area contributed by atoms with E-state index in [1.807, 2.05) is 54.1 Å². The quantitative estimate of drug-likeness (QED) is 0.581. The van der Waals surface area contributed by atoms with Crippen LogP contribution in [0, 0.1) is 6.92 Å². The molecule has 0 amide bonds.